The first-order valence-electron chi connectivity index (χ1n) is 12.5. The van der Waals surface area contributed by atoms with Gasteiger partial charge in [0.05, 0.1) is 18.3 Å². The van der Waals surface area contributed by atoms with E-state index in [1.807, 2.05) is 0 Å². The van der Waals surface area contributed by atoms with E-state index in [1.165, 1.54) is 0 Å². The van der Waals surface area contributed by atoms with Gasteiger partial charge < -0.3 is 33.2 Å². The summed E-state index contributed by atoms with van der Waals surface area (Å²) in [6.45, 7) is 18.4. The van der Waals surface area contributed by atoms with Crippen LogP contribution in [0.2, 0.25) is 18.1 Å². The van der Waals surface area contributed by atoms with Crippen LogP contribution in [0.5, 0.6) is 0 Å². The Balaban J connectivity index is 2.20. The van der Waals surface area contributed by atoms with E-state index in [4.69, 9.17) is 28.1 Å². The molecule has 1 spiro atoms. The third kappa shape index (κ3) is 6.81. The molecule has 1 N–H and O–H groups in total. The third-order valence-corrected chi connectivity index (χ3v) is 12.7. The van der Waals surface area contributed by atoms with Crippen molar-refractivity contribution in [1.29, 1.82) is 0 Å². The third-order valence-electron chi connectivity index (χ3n) is 8.17. The Hall–Kier alpha value is -0.553. The van der Waals surface area contributed by atoms with Crippen molar-refractivity contribution in [3.63, 3.8) is 0 Å². The van der Waals surface area contributed by atoms with E-state index in [9.17, 15) is 9.90 Å². The van der Waals surface area contributed by atoms with Crippen molar-refractivity contribution in [2.45, 2.75) is 109 Å². The summed E-state index contributed by atoms with van der Waals surface area (Å²) < 4.78 is 36.3. The largest absolute Gasteiger partial charge is 0.479 e. The second-order valence-electron chi connectivity index (χ2n) is 11.8. The Bertz CT molecular complexity index is 666. The Labute approximate surface area is 207 Å². The fraction of sp³-hybridized carbons (Fsp3) is 0.960. The van der Waals surface area contributed by atoms with Gasteiger partial charge in [0.2, 0.25) is 0 Å². The highest BCUT2D eigenvalue weighted by Crippen LogP contribution is 2.46. The van der Waals surface area contributed by atoms with Crippen LogP contribution >= 0.6 is 0 Å². The molecule has 9 heteroatoms. The van der Waals surface area contributed by atoms with Crippen molar-refractivity contribution < 1.29 is 38.0 Å². The molecule has 34 heavy (non-hydrogen) atoms. The van der Waals surface area contributed by atoms with Crippen LogP contribution in [0.15, 0.2) is 0 Å². The first kappa shape index (κ1) is 29.7. The van der Waals surface area contributed by atoms with Crippen molar-refractivity contribution in [2.75, 3.05) is 27.6 Å². The van der Waals surface area contributed by atoms with Crippen LogP contribution in [-0.4, -0.2) is 77.2 Å². The lowest BCUT2D eigenvalue weighted by Crippen LogP contribution is -2.56. The van der Waals surface area contributed by atoms with Gasteiger partial charge in [0.1, 0.15) is 6.79 Å². The summed E-state index contributed by atoms with van der Waals surface area (Å²) in [7, 11) is 1.45. The summed E-state index contributed by atoms with van der Waals surface area (Å²) in [5.41, 5.74) is 0. The van der Waals surface area contributed by atoms with Crippen LogP contribution in [0.4, 0.5) is 0 Å². The number of methoxy groups -OCH3 is 2. The molecule has 0 unspecified atom stereocenters. The van der Waals surface area contributed by atoms with Crippen molar-refractivity contribution in [2.24, 2.45) is 17.8 Å². The molecule has 2 aliphatic rings. The molecule has 0 aromatic rings. The fourth-order valence-corrected chi connectivity index (χ4v) is 6.11. The zero-order valence-corrected chi connectivity index (χ0v) is 23.9. The monoisotopic (exact) mass is 504 g/mol. The van der Waals surface area contributed by atoms with Gasteiger partial charge in [-0.1, -0.05) is 41.5 Å². The lowest BCUT2D eigenvalue weighted by molar-refractivity contribution is -0.320. The Kier molecular flexibility index (Phi) is 10.2. The maximum absolute atomic E-state index is 11.6. The first-order chi connectivity index (χ1) is 15.7. The summed E-state index contributed by atoms with van der Waals surface area (Å²) in [6, 6.07) is 0. The molecule has 0 amide bonds. The summed E-state index contributed by atoms with van der Waals surface area (Å²) in [4.78, 5) is 11.6. The van der Waals surface area contributed by atoms with Crippen molar-refractivity contribution in [3.05, 3.63) is 0 Å². The van der Waals surface area contributed by atoms with Gasteiger partial charge in [-0.05, 0) is 24.6 Å². The maximum atomic E-state index is 11.6. The Morgan fingerprint density at radius 2 is 1.85 bits per heavy atom. The highest BCUT2D eigenvalue weighted by Gasteiger charge is 2.54. The number of ether oxygens (including phenoxy) is 5. The molecule has 2 heterocycles. The molecule has 8 nitrogen and oxygen atoms in total. The molecule has 0 aromatic heterocycles. The minimum atomic E-state index is -1.88. The molecule has 8 atom stereocenters. The van der Waals surface area contributed by atoms with Gasteiger partial charge in [-0.15, -0.1) is 0 Å². The van der Waals surface area contributed by atoms with Crippen LogP contribution in [0.25, 0.3) is 0 Å². The average molecular weight is 505 g/mol. The fourth-order valence-electron chi connectivity index (χ4n) is 5.00. The van der Waals surface area contributed by atoms with Gasteiger partial charge in [0, 0.05) is 51.4 Å². The van der Waals surface area contributed by atoms with Crippen LogP contribution in [0.3, 0.4) is 0 Å². The lowest BCUT2D eigenvalue weighted by atomic mass is 9.78. The van der Waals surface area contributed by atoms with Gasteiger partial charge >= 0.3 is 5.97 Å². The van der Waals surface area contributed by atoms with E-state index in [-0.39, 0.29) is 47.9 Å². The van der Waals surface area contributed by atoms with E-state index in [0.29, 0.717) is 25.9 Å². The Morgan fingerprint density at radius 1 is 1.21 bits per heavy atom. The summed E-state index contributed by atoms with van der Waals surface area (Å²) >= 11 is 0. The topological polar surface area (TPSA) is 92.7 Å². The number of carboxylic acids is 1. The molecule has 2 saturated heterocycles. The maximum Gasteiger partial charge on any atom is 0.332 e. The molecular weight excluding hydrogens is 456 g/mol. The van der Waals surface area contributed by atoms with Crippen molar-refractivity contribution >= 4 is 14.3 Å². The number of hydrogen-bond acceptors (Lipinski definition) is 7. The molecule has 200 valence electrons. The molecule has 2 fully saturated rings. The van der Waals surface area contributed by atoms with Gasteiger partial charge in [0.15, 0.2) is 20.2 Å². The number of rotatable bonds is 11. The molecule has 0 bridgehead atoms. The van der Waals surface area contributed by atoms with E-state index >= 15 is 0 Å². The lowest BCUT2D eigenvalue weighted by Gasteiger charge is -2.49. The molecular formula is C25H48O8Si. The predicted octanol–water partition coefficient (Wildman–Crippen LogP) is 4.67. The zero-order valence-electron chi connectivity index (χ0n) is 22.9. The highest BCUT2D eigenvalue weighted by molar-refractivity contribution is 6.74. The average Bonchev–Trinajstić information content (AvgIpc) is 3.16. The highest BCUT2D eigenvalue weighted by atomic mass is 28.4. The van der Waals surface area contributed by atoms with Crippen LogP contribution in [0.1, 0.15) is 60.8 Å². The minimum absolute atomic E-state index is 0.0105. The number of carboxylic acid groups (broad SMARTS) is 1. The zero-order chi connectivity index (χ0) is 25.9. The van der Waals surface area contributed by atoms with Crippen molar-refractivity contribution in [1.82, 2.24) is 0 Å². The quantitative estimate of drug-likeness (QED) is 0.321. The van der Waals surface area contributed by atoms with E-state index in [2.05, 4.69) is 54.6 Å². The van der Waals surface area contributed by atoms with Crippen molar-refractivity contribution in [3.8, 4) is 0 Å². The standard InChI is InChI=1S/C25H48O8Si/c1-16(14-31-34(9,10)24(4,5)6)21(29-8)18(3)22-17(2)20(30-15-28-7)13-25(33-22)12-11-19(32-25)23(26)27/h16-22H,11-15H2,1-10H3,(H,26,27)/t16-,17-,18+,19-,20+,21+,22+,25+/m1/s1. The molecule has 0 saturated carbocycles. The second kappa shape index (κ2) is 11.7. The number of hydrogen-bond donors (Lipinski definition) is 1. The van der Waals surface area contributed by atoms with Crippen LogP contribution in [-0.2, 0) is 32.9 Å². The van der Waals surface area contributed by atoms with E-state index in [1.54, 1.807) is 14.2 Å². The number of carbonyl (C=O) groups is 1. The van der Waals surface area contributed by atoms with Gasteiger partial charge in [-0.2, -0.15) is 0 Å². The first-order valence-corrected chi connectivity index (χ1v) is 15.4. The summed E-state index contributed by atoms with van der Waals surface area (Å²) in [5.74, 6) is -1.71. The molecule has 0 aliphatic carbocycles. The van der Waals surface area contributed by atoms with Gasteiger partial charge in [-0.25, -0.2) is 4.79 Å². The van der Waals surface area contributed by atoms with E-state index in [0.717, 1.165) is 0 Å². The minimum Gasteiger partial charge on any atom is -0.479 e. The number of aliphatic carboxylic acids is 1. The van der Waals surface area contributed by atoms with Gasteiger partial charge in [0.25, 0.3) is 0 Å². The van der Waals surface area contributed by atoms with Crippen LogP contribution in [0, 0.1) is 17.8 Å². The molecule has 2 aliphatic heterocycles. The smallest absolute Gasteiger partial charge is 0.332 e. The van der Waals surface area contributed by atoms with Crippen LogP contribution < -0.4 is 0 Å². The normalized spacial score (nSPS) is 33.1. The SMILES string of the molecule is COCO[C@H]1C[C@]2(CC[C@H](C(=O)O)O2)O[C@H]([C@@H](C)[C@@H](OC)[C@H](C)CO[Si](C)(C)C(C)(C)C)[C@@H]1C. The molecule has 0 aromatic carbocycles. The predicted molar refractivity (Wildman–Crippen MR) is 132 cm³/mol. The second-order valence-corrected chi connectivity index (χ2v) is 16.6. The molecule has 0 radical (unpaired) electrons. The molecule has 2 rings (SSSR count). The van der Waals surface area contributed by atoms with Gasteiger partial charge in [-0.3, -0.25) is 0 Å². The van der Waals surface area contributed by atoms with E-state index < -0.39 is 26.2 Å². The Morgan fingerprint density at radius 3 is 2.35 bits per heavy atom. The summed E-state index contributed by atoms with van der Waals surface area (Å²) in [5, 5.41) is 9.62. The summed E-state index contributed by atoms with van der Waals surface area (Å²) in [6.07, 6.45) is 0.0514.